The van der Waals surface area contributed by atoms with Crippen molar-refractivity contribution in [3.05, 3.63) is 47.2 Å². The van der Waals surface area contributed by atoms with E-state index in [-0.39, 0.29) is 0 Å². The lowest BCUT2D eigenvalue weighted by Crippen LogP contribution is -1.78. The highest BCUT2D eigenvalue weighted by Gasteiger charge is 2.10. The first-order valence-corrected chi connectivity index (χ1v) is 6.57. The predicted molar refractivity (Wildman–Crippen MR) is 68.7 cm³/mol. The van der Waals surface area contributed by atoms with Gasteiger partial charge in [0, 0.05) is 15.8 Å². The van der Waals surface area contributed by atoms with Crippen LogP contribution in [0.25, 0.3) is 21.7 Å². The van der Waals surface area contributed by atoms with Crippen molar-refractivity contribution < 1.29 is 0 Å². The van der Waals surface area contributed by atoms with Gasteiger partial charge in [0.2, 0.25) is 0 Å². The van der Waals surface area contributed by atoms with Gasteiger partial charge in [0.25, 0.3) is 0 Å². The molecule has 0 amide bonds. The SMILES string of the molecule is c1ccc(-c2sccc2-c2csnn2)cc1. The summed E-state index contributed by atoms with van der Waals surface area (Å²) in [5.74, 6) is 0. The molecule has 2 nitrogen and oxygen atoms in total. The van der Waals surface area contributed by atoms with Crippen LogP contribution in [0.3, 0.4) is 0 Å². The van der Waals surface area contributed by atoms with Gasteiger partial charge in [-0.25, -0.2) is 0 Å². The molecule has 0 unspecified atom stereocenters. The normalized spacial score (nSPS) is 10.5. The van der Waals surface area contributed by atoms with Crippen LogP contribution in [0.15, 0.2) is 47.2 Å². The van der Waals surface area contributed by atoms with E-state index in [4.69, 9.17) is 0 Å². The van der Waals surface area contributed by atoms with E-state index in [1.807, 2.05) is 11.4 Å². The Morgan fingerprint density at radius 1 is 1.00 bits per heavy atom. The highest BCUT2D eigenvalue weighted by atomic mass is 32.1. The largest absolute Gasteiger partial charge is 0.143 e. The van der Waals surface area contributed by atoms with Gasteiger partial charge in [0.15, 0.2) is 0 Å². The molecule has 3 aromatic rings. The summed E-state index contributed by atoms with van der Waals surface area (Å²) < 4.78 is 3.91. The third kappa shape index (κ3) is 1.66. The van der Waals surface area contributed by atoms with Crippen LogP contribution >= 0.6 is 22.9 Å². The van der Waals surface area contributed by atoms with Gasteiger partial charge in [-0.3, -0.25) is 0 Å². The first kappa shape index (κ1) is 9.69. The van der Waals surface area contributed by atoms with Gasteiger partial charge in [-0.2, -0.15) is 0 Å². The van der Waals surface area contributed by atoms with Crippen molar-refractivity contribution in [1.29, 1.82) is 0 Å². The Hall–Kier alpha value is -1.52. The third-order valence-electron chi connectivity index (χ3n) is 2.34. The van der Waals surface area contributed by atoms with Crippen LogP contribution in [0.4, 0.5) is 0 Å². The van der Waals surface area contributed by atoms with Crippen molar-refractivity contribution in [2.45, 2.75) is 0 Å². The number of aromatic nitrogens is 2. The molecule has 0 saturated heterocycles. The Labute approximate surface area is 101 Å². The molecule has 1 aromatic carbocycles. The van der Waals surface area contributed by atoms with Gasteiger partial charge >= 0.3 is 0 Å². The van der Waals surface area contributed by atoms with Crippen molar-refractivity contribution in [3.8, 4) is 21.7 Å². The highest BCUT2D eigenvalue weighted by molar-refractivity contribution is 7.14. The Kier molecular flexibility index (Phi) is 2.52. The van der Waals surface area contributed by atoms with Crippen LogP contribution in [-0.2, 0) is 0 Å². The average molecular weight is 244 g/mol. The smallest absolute Gasteiger partial charge is 0.107 e. The molecule has 0 N–H and O–H groups in total. The van der Waals surface area contributed by atoms with Crippen LogP contribution < -0.4 is 0 Å². The fourth-order valence-corrected chi connectivity index (χ4v) is 2.97. The molecular weight excluding hydrogens is 236 g/mol. The van der Waals surface area contributed by atoms with E-state index >= 15 is 0 Å². The zero-order valence-electron chi connectivity index (χ0n) is 8.33. The minimum atomic E-state index is 0.963. The van der Waals surface area contributed by atoms with E-state index < -0.39 is 0 Å². The van der Waals surface area contributed by atoms with Gasteiger partial charge in [-0.05, 0) is 28.5 Å². The van der Waals surface area contributed by atoms with Crippen LogP contribution in [0.5, 0.6) is 0 Å². The van der Waals surface area contributed by atoms with Crippen LogP contribution in [0, 0.1) is 0 Å². The monoisotopic (exact) mass is 244 g/mol. The standard InChI is InChI=1S/C12H8N2S2/c1-2-4-9(5-3-1)12-10(6-7-15-12)11-8-16-14-13-11/h1-8H. The second-order valence-corrected chi connectivity index (χ2v) is 4.85. The van der Waals surface area contributed by atoms with E-state index in [0.29, 0.717) is 0 Å². The molecule has 0 atom stereocenters. The second-order valence-electron chi connectivity index (χ2n) is 3.32. The molecule has 0 bridgehead atoms. The zero-order chi connectivity index (χ0) is 10.8. The molecule has 0 fully saturated rings. The van der Waals surface area contributed by atoms with Crippen molar-refractivity contribution in [2.24, 2.45) is 0 Å². The van der Waals surface area contributed by atoms with Gasteiger partial charge < -0.3 is 0 Å². The van der Waals surface area contributed by atoms with Crippen molar-refractivity contribution >= 4 is 22.9 Å². The molecule has 0 radical (unpaired) electrons. The molecule has 0 aliphatic heterocycles. The Bertz CT molecular complexity index is 570. The fraction of sp³-hybridized carbons (Fsp3) is 0. The third-order valence-corrected chi connectivity index (χ3v) is 3.81. The molecule has 3 rings (SSSR count). The van der Waals surface area contributed by atoms with E-state index in [2.05, 4.69) is 45.3 Å². The average Bonchev–Trinajstić information content (AvgIpc) is 3.01. The Morgan fingerprint density at radius 2 is 1.88 bits per heavy atom. The number of nitrogens with zero attached hydrogens (tertiary/aromatic N) is 2. The maximum absolute atomic E-state index is 4.12. The van der Waals surface area contributed by atoms with Crippen LogP contribution in [0.2, 0.25) is 0 Å². The quantitative estimate of drug-likeness (QED) is 0.682. The van der Waals surface area contributed by atoms with Gasteiger partial charge in [0.05, 0.1) is 0 Å². The summed E-state index contributed by atoms with van der Waals surface area (Å²) in [7, 11) is 0. The molecule has 0 aliphatic carbocycles. The first-order chi connectivity index (χ1) is 7.95. The topological polar surface area (TPSA) is 25.8 Å². The molecule has 78 valence electrons. The number of benzene rings is 1. The number of rotatable bonds is 2. The molecule has 2 heterocycles. The van der Waals surface area contributed by atoms with Crippen molar-refractivity contribution in [3.63, 3.8) is 0 Å². The summed E-state index contributed by atoms with van der Waals surface area (Å²) in [5.41, 5.74) is 3.37. The fourth-order valence-electron chi connectivity index (χ4n) is 1.61. The van der Waals surface area contributed by atoms with E-state index in [0.717, 1.165) is 5.69 Å². The van der Waals surface area contributed by atoms with Crippen LogP contribution in [0.1, 0.15) is 0 Å². The Balaban J connectivity index is 2.14. The van der Waals surface area contributed by atoms with E-state index in [1.165, 1.54) is 27.5 Å². The van der Waals surface area contributed by atoms with Crippen molar-refractivity contribution in [1.82, 2.24) is 9.59 Å². The summed E-state index contributed by atoms with van der Waals surface area (Å²) in [6.45, 7) is 0. The minimum absolute atomic E-state index is 0.963. The lowest BCUT2D eigenvalue weighted by molar-refractivity contribution is 1.16. The van der Waals surface area contributed by atoms with Crippen molar-refractivity contribution in [2.75, 3.05) is 0 Å². The lowest BCUT2D eigenvalue weighted by atomic mass is 10.1. The molecule has 2 aromatic heterocycles. The zero-order valence-corrected chi connectivity index (χ0v) is 9.96. The second kappa shape index (κ2) is 4.15. The first-order valence-electron chi connectivity index (χ1n) is 4.85. The Morgan fingerprint density at radius 3 is 2.62 bits per heavy atom. The molecule has 0 saturated carbocycles. The summed E-state index contributed by atoms with van der Waals surface area (Å²) >= 11 is 3.12. The number of hydrogen-bond acceptors (Lipinski definition) is 4. The summed E-state index contributed by atoms with van der Waals surface area (Å²) in [4.78, 5) is 1.26. The van der Waals surface area contributed by atoms with Gasteiger partial charge in [-0.1, -0.05) is 34.8 Å². The number of thiophene rings is 1. The molecule has 0 aliphatic rings. The molecule has 4 heteroatoms. The van der Waals surface area contributed by atoms with Gasteiger partial charge in [0.1, 0.15) is 5.69 Å². The molecular formula is C12H8N2S2. The maximum atomic E-state index is 4.12. The summed E-state index contributed by atoms with van der Waals surface area (Å²) in [5, 5.41) is 8.19. The van der Waals surface area contributed by atoms with E-state index in [1.54, 1.807) is 11.3 Å². The molecule has 16 heavy (non-hydrogen) atoms. The minimum Gasteiger partial charge on any atom is -0.143 e. The summed E-state index contributed by atoms with van der Waals surface area (Å²) in [6.07, 6.45) is 0. The lowest BCUT2D eigenvalue weighted by Gasteiger charge is -2.00. The van der Waals surface area contributed by atoms with E-state index in [9.17, 15) is 0 Å². The highest BCUT2D eigenvalue weighted by Crippen LogP contribution is 2.35. The predicted octanol–water partition coefficient (Wildman–Crippen LogP) is 3.93. The van der Waals surface area contributed by atoms with Crippen LogP contribution in [-0.4, -0.2) is 9.59 Å². The maximum Gasteiger partial charge on any atom is 0.107 e. The molecule has 0 spiro atoms. The summed E-state index contributed by atoms with van der Waals surface area (Å²) in [6, 6.07) is 12.5. The van der Waals surface area contributed by atoms with Gasteiger partial charge in [-0.15, -0.1) is 16.4 Å². The number of hydrogen-bond donors (Lipinski definition) is 0.